The van der Waals surface area contributed by atoms with Gasteiger partial charge in [-0.25, -0.2) is 0 Å². The number of carbonyl (C=O) groups excluding carboxylic acids is 2. The van der Waals surface area contributed by atoms with Gasteiger partial charge in [0.25, 0.3) is 0 Å². The third kappa shape index (κ3) is 6.01. The smallest absolute Gasteiger partial charge is 0.224 e. The molecule has 1 aromatic rings. The lowest BCUT2D eigenvalue weighted by Gasteiger charge is -2.10. The molecule has 1 aromatic carbocycles. The summed E-state index contributed by atoms with van der Waals surface area (Å²) in [7, 11) is 0. The molecule has 0 heterocycles. The fourth-order valence-electron chi connectivity index (χ4n) is 1.51. The molecular weight excluding hydrogens is 244 g/mol. The van der Waals surface area contributed by atoms with E-state index in [0.29, 0.717) is 18.7 Å². The predicted molar refractivity (Wildman–Crippen MR) is 73.7 cm³/mol. The number of rotatable bonds is 6. The number of aliphatic hydroxyl groups excluding tert-OH is 1. The van der Waals surface area contributed by atoms with E-state index < -0.39 is 0 Å². The molecule has 0 aliphatic rings. The molecule has 1 unspecified atom stereocenters. The van der Waals surface area contributed by atoms with Crippen molar-refractivity contribution in [2.24, 2.45) is 5.92 Å². The molecule has 5 heteroatoms. The van der Waals surface area contributed by atoms with Crippen molar-refractivity contribution < 1.29 is 14.7 Å². The van der Waals surface area contributed by atoms with Crippen LogP contribution in [0.5, 0.6) is 0 Å². The van der Waals surface area contributed by atoms with Gasteiger partial charge in [-0.15, -0.1) is 0 Å². The molecule has 19 heavy (non-hydrogen) atoms. The normalized spacial score (nSPS) is 11.7. The molecule has 104 valence electrons. The van der Waals surface area contributed by atoms with Crippen molar-refractivity contribution >= 4 is 17.5 Å². The van der Waals surface area contributed by atoms with Crippen LogP contribution in [0.25, 0.3) is 0 Å². The van der Waals surface area contributed by atoms with E-state index >= 15 is 0 Å². The van der Waals surface area contributed by atoms with Gasteiger partial charge in [-0.05, 0) is 23.6 Å². The molecule has 5 nitrogen and oxygen atoms in total. The minimum Gasteiger partial charge on any atom is -0.396 e. The van der Waals surface area contributed by atoms with Crippen LogP contribution in [0.3, 0.4) is 0 Å². The first-order chi connectivity index (χ1) is 9.01. The van der Waals surface area contributed by atoms with Gasteiger partial charge in [-0.1, -0.05) is 19.1 Å². The second kappa shape index (κ2) is 7.53. The standard InChI is InChI=1S/C14H20N2O3/c1-10(9-17)8-15-14(19)7-12-3-5-13(6-4-12)16-11(2)18/h3-6,10,17H,7-9H2,1-2H3,(H,15,19)(H,16,18). The lowest BCUT2D eigenvalue weighted by atomic mass is 10.1. The van der Waals surface area contributed by atoms with Crippen molar-refractivity contribution in [1.82, 2.24) is 5.32 Å². The molecule has 0 saturated carbocycles. The van der Waals surface area contributed by atoms with Gasteiger partial charge in [0, 0.05) is 25.8 Å². The maximum Gasteiger partial charge on any atom is 0.224 e. The largest absolute Gasteiger partial charge is 0.396 e. The van der Waals surface area contributed by atoms with Crippen molar-refractivity contribution in [3.63, 3.8) is 0 Å². The highest BCUT2D eigenvalue weighted by atomic mass is 16.3. The molecular formula is C14H20N2O3. The maximum atomic E-state index is 11.6. The van der Waals surface area contributed by atoms with Crippen LogP contribution in [0.1, 0.15) is 19.4 Å². The summed E-state index contributed by atoms with van der Waals surface area (Å²) in [5.41, 5.74) is 1.59. The third-order valence-corrected chi connectivity index (χ3v) is 2.60. The van der Waals surface area contributed by atoms with E-state index in [1.54, 1.807) is 24.3 Å². The summed E-state index contributed by atoms with van der Waals surface area (Å²) >= 11 is 0. The van der Waals surface area contributed by atoms with E-state index in [4.69, 9.17) is 5.11 Å². The molecule has 0 radical (unpaired) electrons. The summed E-state index contributed by atoms with van der Waals surface area (Å²) in [6.45, 7) is 3.84. The van der Waals surface area contributed by atoms with Crippen LogP contribution in [0.15, 0.2) is 24.3 Å². The van der Waals surface area contributed by atoms with Crippen molar-refractivity contribution in [3.05, 3.63) is 29.8 Å². The highest BCUT2D eigenvalue weighted by Gasteiger charge is 2.06. The van der Waals surface area contributed by atoms with Gasteiger partial charge in [0.2, 0.25) is 11.8 Å². The summed E-state index contributed by atoms with van der Waals surface area (Å²) in [6, 6.07) is 7.14. The Kier molecular flexibility index (Phi) is 6.02. The average molecular weight is 264 g/mol. The number of carbonyl (C=O) groups is 2. The zero-order chi connectivity index (χ0) is 14.3. The summed E-state index contributed by atoms with van der Waals surface area (Å²) in [5, 5.41) is 14.3. The van der Waals surface area contributed by atoms with Crippen LogP contribution in [0, 0.1) is 5.92 Å². The molecule has 0 aromatic heterocycles. The van der Waals surface area contributed by atoms with Crippen LogP contribution < -0.4 is 10.6 Å². The SMILES string of the molecule is CC(=O)Nc1ccc(CC(=O)NCC(C)CO)cc1. The van der Waals surface area contributed by atoms with Crippen LogP contribution >= 0.6 is 0 Å². The minimum absolute atomic E-state index is 0.0612. The molecule has 2 amide bonds. The Labute approximate surface area is 113 Å². The fourth-order valence-corrected chi connectivity index (χ4v) is 1.51. The number of aliphatic hydroxyl groups is 1. The maximum absolute atomic E-state index is 11.6. The van der Waals surface area contributed by atoms with Gasteiger partial charge in [-0.2, -0.15) is 0 Å². The molecule has 0 aliphatic carbocycles. The van der Waals surface area contributed by atoms with Crippen LogP contribution in [0.2, 0.25) is 0 Å². The molecule has 0 fully saturated rings. The number of anilines is 1. The van der Waals surface area contributed by atoms with Crippen molar-refractivity contribution in [1.29, 1.82) is 0 Å². The van der Waals surface area contributed by atoms with E-state index in [1.165, 1.54) is 6.92 Å². The van der Waals surface area contributed by atoms with Gasteiger partial charge < -0.3 is 15.7 Å². The Morgan fingerprint density at radius 1 is 1.26 bits per heavy atom. The van der Waals surface area contributed by atoms with Crippen molar-refractivity contribution in [2.75, 3.05) is 18.5 Å². The zero-order valence-corrected chi connectivity index (χ0v) is 11.3. The summed E-state index contributed by atoms with van der Waals surface area (Å²) in [6.07, 6.45) is 0.290. The highest BCUT2D eigenvalue weighted by molar-refractivity contribution is 5.88. The summed E-state index contributed by atoms with van der Waals surface area (Å²) in [4.78, 5) is 22.5. The predicted octanol–water partition coefficient (Wildman–Crippen LogP) is 0.932. The Bertz CT molecular complexity index is 429. The number of nitrogens with one attached hydrogen (secondary N) is 2. The van der Waals surface area contributed by atoms with Crippen LogP contribution in [0.4, 0.5) is 5.69 Å². The monoisotopic (exact) mass is 264 g/mol. The van der Waals surface area contributed by atoms with Crippen molar-refractivity contribution in [3.8, 4) is 0 Å². The van der Waals surface area contributed by atoms with E-state index in [9.17, 15) is 9.59 Å². The first-order valence-electron chi connectivity index (χ1n) is 6.25. The van der Waals surface area contributed by atoms with E-state index in [2.05, 4.69) is 10.6 Å². The summed E-state index contributed by atoms with van der Waals surface area (Å²) < 4.78 is 0. The first-order valence-corrected chi connectivity index (χ1v) is 6.25. The quantitative estimate of drug-likeness (QED) is 0.715. The molecule has 1 atom stereocenters. The van der Waals surface area contributed by atoms with Gasteiger partial charge in [0.15, 0.2) is 0 Å². The van der Waals surface area contributed by atoms with Crippen LogP contribution in [-0.4, -0.2) is 30.1 Å². The molecule has 0 spiro atoms. The van der Waals surface area contributed by atoms with Crippen LogP contribution in [-0.2, 0) is 16.0 Å². The van der Waals surface area contributed by atoms with Crippen molar-refractivity contribution in [2.45, 2.75) is 20.3 Å². The first kappa shape index (κ1) is 15.2. The number of benzene rings is 1. The Morgan fingerprint density at radius 3 is 2.42 bits per heavy atom. The topological polar surface area (TPSA) is 78.4 Å². The third-order valence-electron chi connectivity index (χ3n) is 2.60. The molecule has 0 saturated heterocycles. The van der Waals surface area contributed by atoms with Gasteiger partial charge in [-0.3, -0.25) is 9.59 Å². The van der Waals surface area contributed by atoms with E-state index in [-0.39, 0.29) is 24.3 Å². The second-order valence-corrected chi connectivity index (χ2v) is 4.65. The molecule has 0 aliphatic heterocycles. The summed E-state index contributed by atoms with van der Waals surface area (Å²) in [5.74, 6) is -0.137. The van der Waals surface area contributed by atoms with E-state index in [0.717, 1.165) is 5.56 Å². The zero-order valence-electron chi connectivity index (χ0n) is 11.3. The Morgan fingerprint density at radius 2 is 1.89 bits per heavy atom. The average Bonchev–Trinajstić information content (AvgIpc) is 2.37. The van der Waals surface area contributed by atoms with Gasteiger partial charge in [0.05, 0.1) is 6.42 Å². The Balaban J connectivity index is 2.44. The van der Waals surface area contributed by atoms with E-state index in [1.807, 2.05) is 6.92 Å². The minimum atomic E-state index is -0.122. The fraction of sp³-hybridized carbons (Fsp3) is 0.429. The number of amides is 2. The molecule has 0 bridgehead atoms. The highest BCUT2D eigenvalue weighted by Crippen LogP contribution is 2.09. The second-order valence-electron chi connectivity index (χ2n) is 4.65. The van der Waals surface area contributed by atoms with Gasteiger partial charge in [0.1, 0.15) is 0 Å². The molecule has 1 rings (SSSR count). The van der Waals surface area contributed by atoms with Gasteiger partial charge >= 0.3 is 0 Å². The Hall–Kier alpha value is -1.88. The molecule has 3 N–H and O–H groups in total. The number of hydrogen-bond acceptors (Lipinski definition) is 3. The lowest BCUT2D eigenvalue weighted by Crippen LogP contribution is -2.30. The number of hydrogen-bond donors (Lipinski definition) is 3. The lowest BCUT2D eigenvalue weighted by molar-refractivity contribution is -0.120.